The molecule has 0 heterocycles. The molecule has 0 saturated heterocycles. The first-order chi connectivity index (χ1) is 10.6. The molecule has 1 saturated carbocycles. The van der Waals surface area contributed by atoms with E-state index in [9.17, 15) is 4.79 Å². The molecule has 0 aliphatic heterocycles. The van der Waals surface area contributed by atoms with Gasteiger partial charge in [-0.25, -0.2) is 0 Å². The number of benzene rings is 2. The van der Waals surface area contributed by atoms with Gasteiger partial charge in [-0.15, -0.1) is 0 Å². The van der Waals surface area contributed by atoms with Crippen molar-refractivity contribution < 1.29 is 9.53 Å². The molecule has 0 spiro atoms. The molecule has 3 rings (SSSR count). The van der Waals surface area contributed by atoms with Gasteiger partial charge in [-0.1, -0.05) is 59.7 Å². The van der Waals surface area contributed by atoms with Crippen LogP contribution in [-0.2, 0) is 21.6 Å². The van der Waals surface area contributed by atoms with E-state index >= 15 is 0 Å². The minimum absolute atomic E-state index is 0.114. The van der Waals surface area contributed by atoms with Crippen LogP contribution in [0.15, 0.2) is 48.5 Å². The van der Waals surface area contributed by atoms with Crippen LogP contribution in [0.25, 0.3) is 0 Å². The fraction of sp³-hybridized carbons (Fsp3) is 0.350. The lowest BCUT2D eigenvalue weighted by Gasteiger charge is -2.40. The Morgan fingerprint density at radius 1 is 1.00 bits per heavy atom. The van der Waals surface area contributed by atoms with E-state index in [0.29, 0.717) is 31.8 Å². The van der Waals surface area contributed by atoms with Crippen LogP contribution in [-0.4, -0.2) is 12.4 Å². The first-order valence-corrected chi connectivity index (χ1v) is 7.80. The Balaban J connectivity index is 1.67. The average molecular weight is 294 g/mol. The van der Waals surface area contributed by atoms with Crippen molar-refractivity contribution in [3.8, 4) is 0 Å². The summed E-state index contributed by atoms with van der Waals surface area (Å²) in [5.74, 6) is 0.332. The molecule has 1 fully saturated rings. The Morgan fingerprint density at radius 3 is 2.23 bits per heavy atom. The van der Waals surface area contributed by atoms with Gasteiger partial charge in [0.1, 0.15) is 5.78 Å². The molecule has 2 aromatic rings. The van der Waals surface area contributed by atoms with E-state index in [4.69, 9.17) is 4.74 Å². The standard InChI is InChI=1S/C20H22O2/c1-15-8-16(2)10-17(9-15)13-22-14-20(11-19(21)12-20)18-6-4-3-5-7-18/h3-10H,11-14H2,1-2H3. The average Bonchev–Trinajstić information content (AvgIpc) is 2.45. The number of carbonyl (C=O) groups excluding carboxylic acids is 1. The molecule has 1 aliphatic carbocycles. The lowest BCUT2D eigenvalue weighted by atomic mass is 9.64. The predicted molar refractivity (Wildman–Crippen MR) is 87.9 cm³/mol. The van der Waals surface area contributed by atoms with Crippen molar-refractivity contribution in [2.24, 2.45) is 0 Å². The summed E-state index contributed by atoms with van der Waals surface area (Å²) < 4.78 is 5.99. The van der Waals surface area contributed by atoms with Crippen molar-refractivity contribution in [3.05, 3.63) is 70.8 Å². The normalized spacial score (nSPS) is 16.4. The van der Waals surface area contributed by atoms with Crippen LogP contribution in [0.4, 0.5) is 0 Å². The molecular weight excluding hydrogens is 272 g/mol. The Bertz CT molecular complexity index is 645. The number of carbonyl (C=O) groups is 1. The molecule has 0 unspecified atom stereocenters. The maximum absolute atomic E-state index is 11.6. The van der Waals surface area contributed by atoms with E-state index in [1.807, 2.05) is 18.2 Å². The topological polar surface area (TPSA) is 26.3 Å². The maximum Gasteiger partial charge on any atom is 0.134 e. The zero-order valence-corrected chi connectivity index (χ0v) is 13.3. The summed E-state index contributed by atoms with van der Waals surface area (Å²) in [6.45, 7) is 5.42. The molecule has 2 heteroatoms. The van der Waals surface area contributed by atoms with Crippen LogP contribution >= 0.6 is 0 Å². The quantitative estimate of drug-likeness (QED) is 0.829. The van der Waals surface area contributed by atoms with Crippen LogP contribution in [0.5, 0.6) is 0 Å². The Morgan fingerprint density at radius 2 is 1.64 bits per heavy atom. The lowest BCUT2D eigenvalue weighted by Crippen LogP contribution is -2.45. The Labute approximate surface area is 132 Å². The van der Waals surface area contributed by atoms with Gasteiger partial charge in [-0.2, -0.15) is 0 Å². The monoisotopic (exact) mass is 294 g/mol. The van der Waals surface area contributed by atoms with Gasteiger partial charge >= 0.3 is 0 Å². The highest BCUT2D eigenvalue weighted by molar-refractivity contribution is 5.88. The maximum atomic E-state index is 11.6. The number of ketones is 1. The van der Waals surface area contributed by atoms with E-state index in [2.05, 4.69) is 44.2 Å². The fourth-order valence-electron chi connectivity index (χ4n) is 3.40. The van der Waals surface area contributed by atoms with Gasteiger partial charge in [-0.3, -0.25) is 4.79 Å². The van der Waals surface area contributed by atoms with Crippen molar-refractivity contribution in [1.29, 1.82) is 0 Å². The van der Waals surface area contributed by atoms with Gasteiger partial charge < -0.3 is 4.74 Å². The van der Waals surface area contributed by atoms with Crippen LogP contribution in [0, 0.1) is 13.8 Å². The second-order valence-electron chi connectivity index (χ2n) is 6.53. The number of ether oxygens (including phenoxy) is 1. The Hall–Kier alpha value is -1.93. The smallest absolute Gasteiger partial charge is 0.134 e. The van der Waals surface area contributed by atoms with Gasteiger partial charge in [0, 0.05) is 18.3 Å². The van der Waals surface area contributed by atoms with Gasteiger partial charge in [0.25, 0.3) is 0 Å². The zero-order valence-electron chi connectivity index (χ0n) is 13.3. The molecule has 0 N–H and O–H groups in total. The van der Waals surface area contributed by atoms with E-state index < -0.39 is 0 Å². The minimum Gasteiger partial charge on any atom is -0.376 e. The van der Waals surface area contributed by atoms with E-state index in [1.165, 1.54) is 22.3 Å². The van der Waals surface area contributed by atoms with Gasteiger partial charge in [-0.05, 0) is 25.0 Å². The molecule has 22 heavy (non-hydrogen) atoms. The number of hydrogen-bond acceptors (Lipinski definition) is 2. The number of rotatable bonds is 5. The molecule has 2 aromatic carbocycles. The van der Waals surface area contributed by atoms with E-state index in [1.54, 1.807) is 0 Å². The molecule has 0 atom stereocenters. The van der Waals surface area contributed by atoms with Crippen molar-refractivity contribution in [3.63, 3.8) is 0 Å². The van der Waals surface area contributed by atoms with Crippen LogP contribution < -0.4 is 0 Å². The molecule has 0 amide bonds. The first kappa shape index (κ1) is 15.0. The number of aryl methyl sites for hydroxylation is 2. The van der Waals surface area contributed by atoms with Crippen LogP contribution in [0.2, 0.25) is 0 Å². The van der Waals surface area contributed by atoms with Crippen molar-refractivity contribution in [2.45, 2.75) is 38.7 Å². The highest BCUT2D eigenvalue weighted by Crippen LogP contribution is 2.41. The third kappa shape index (κ3) is 3.12. The summed E-state index contributed by atoms with van der Waals surface area (Å²) in [5, 5.41) is 0. The molecule has 0 aromatic heterocycles. The summed E-state index contributed by atoms with van der Waals surface area (Å²) in [4.78, 5) is 11.6. The molecule has 114 valence electrons. The third-order valence-corrected chi connectivity index (χ3v) is 4.39. The van der Waals surface area contributed by atoms with E-state index in [0.717, 1.165) is 0 Å². The predicted octanol–water partition coefficient (Wildman–Crippen LogP) is 4.12. The highest BCUT2D eigenvalue weighted by Gasteiger charge is 2.44. The Kier molecular flexibility index (Phi) is 4.12. The van der Waals surface area contributed by atoms with Crippen molar-refractivity contribution >= 4 is 5.78 Å². The zero-order chi connectivity index (χ0) is 15.6. The summed E-state index contributed by atoms with van der Waals surface area (Å²) in [7, 11) is 0. The molecule has 0 radical (unpaired) electrons. The summed E-state index contributed by atoms with van der Waals surface area (Å²) in [5.41, 5.74) is 4.82. The highest BCUT2D eigenvalue weighted by atomic mass is 16.5. The third-order valence-electron chi connectivity index (χ3n) is 4.39. The first-order valence-electron chi connectivity index (χ1n) is 7.80. The van der Waals surface area contributed by atoms with Crippen molar-refractivity contribution in [1.82, 2.24) is 0 Å². The summed E-state index contributed by atoms with van der Waals surface area (Å²) in [6, 6.07) is 16.8. The van der Waals surface area contributed by atoms with Crippen LogP contribution in [0.3, 0.4) is 0 Å². The number of Topliss-reactive ketones (excluding diaryl/α,β-unsaturated/α-hetero) is 1. The fourth-order valence-corrected chi connectivity index (χ4v) is 3.40. The second-order valence-corrected chi connectivity index (χ2v) is 6.53. The van der Waals surface area contributed by atoms with Gasteiger partial charge in [0.05, 0.1) is 13.2 Å². The molecule has 1 aliphatic rings. The number of hydrogen-bond donors (Lipinski definition) is 0. The summed E-state index contributed by atoms with van der Waals surface area (Å²) >= 11 is 0. The molecule has 0 bridgehead atoms. The van der Waals surface area contributed by atoms with Crippen molar-refractivity contribution in [2.75, 3.05) is 6.61 Å². The minimum atomic E-state index is -0.114. The largest absolute Gasteiger partial charge is 0.376 e. The lowest BCUT2D eigenvalue weighted by molar-refractivity contribution is -0.131. The van der Waals surface area contributed by atoms with E-state index in [-0.39, 0.29) is 5.41 Å². The van der Waals surface area contributed by atoms with Crippen LogP contribution in [0.1, 0.15) is 35.1 Å². The summed E-state index contributed by atoms with van der Waals surface area (Å²) in [6.07, 6.45) is 1.20. The molecular formula is C20H22O2. The SMILES string of the molecule is Cc1cc(C)cc(COCC2(c3ccccc3)CC(=O)C2)c1. The molecule has 2 nitrogen and oxygen atoms in total. The van der Waals surface area contributed by atoms with Gasteiger partial charge in [0.2, 0.25) is 0 Å². The second kappa shape index (κ2) is 6.05. The van der Waals surface area contributed by atoms with Gasteiger partial charge in [0.15, 0.2) is 0 Å².